The van der Waals surface area contributed by atoms with Crippen molar-refractivity contribution in [3.05, 3.63) is 83.6 Å². The van der Waals surface area contributed by atoms with Crippen LogP contribution in [0.3, 0.4) is 0 Å². The molecule has 36 heavy (non-hydrogen) atoms. The lowest BCUT2D eigenvalue weighted by molar-refractivity contribution is 0.416. The lowest BCUT2D eigenvalue weighted by Crippen LogP contribution is -2.13. The zero-order valence-corrected chi connectivity index (χ0v) is 20.6. The number of methoxy groups -OCH3 is 1. The molecule has 8 nitrogen and oxygen atoms in total. The summed E-state index contributed by atoms with van der Waals surface area (Å²) in [5.74, 6) is 0.118. The SMILES string of the molecule is COc1cc(-c2cc(Cl)ccc2F)c(C)cc1-c1ncnc2cc(S(=O)(=O)Nc3ccon3)ccc12. The van der Waals surface area contributed by atoms with E-state index >= 15 is 0 Å². The molecule has 0 fully saturated rings. The van der Waals surface area contributed by atoms with Crippen molar-refractivity contribution < 1.29 is 22.1 Å². The molecule has 0 radical (unpaired) electrons. The van der Waals surface area contributed by atoms with E-state index in [4.69, 9.17) is 16.3 Å². The Kier molecular flexibility index (Phi) is 6.07. The first-order valence-corrected chi connectivity index (χ1v) is 12.5. The van der Waals surface area contributed by atoms with Gasteiger partial charge in [0.2, 0.25) is 0 Å². The molecule has 2 aromatic heterocycles. The summed E-state index contributed by atoms with van der Waals surface area (Å²) in [6.07, 6.45) is 2.61. The van der Waals surface area contributed by atoms with E-state index in [0.717, 1.165) is 5.56 Å². The molecule has 5 aromatic rings. The third-order valence-electron chi connectivity index (χ3n) is 5.62. The van der Waals surface area contributed by atoms with Crippen LogP contribution in [-0.2, 0) is 10.0 Å². The third kappa shape index (κ3) is 4.36. The molecule has 0 atom stereocenters. The van der Waals surface area contributed by atoms with Crippen LogP contribution in [0.1, 0.15) is 5.56 Å². The molecule has 0 aliphatic heterocycles. The van der Waals surface area contributed by atoms with Crippen LogP contribution in [0.2, 0.25) is 5.02 Å². The molecule has 5 rings (SSSR count). The minimum atomic E-state index is -3.92. The number of sulfonamides is 1. The molecular weight excluding hydrogens is 507 g/mol. The van der Waals surface area contributed by atoms with Gasteiger partial charge in [0.05, 0.1) is 23.2 Å². The molecule has 11 heteroatoms. The van der Waals surface area contributed by atoms with Gasteiger partial charge in [-0.1, -0.05) is 16.8 Å². The van der Waals surface area contributed by atoms with Gasteiger partial charge in [-0.05, 0) is 66.6 Å². The number of hydrogen-bond acceptors (Lipinski definition) is 7. The number of aryl methyl sites for hydroxylation is 1. The fourth-order valence-corrected chi connectivity index (χ4v) is 5.10. The first-order valence-electron chi connectivity index (χ1n) is 10.6. The van der Waals surface area contributed by atoms with E-state index in [-0.39, 0.29) is 10.7 Å². The highest BCUT2D eigenvalue weighted by Crippen LogP contribution is 2.39. The number of rotatable bonds is 6. The van der Waals surface area contributed by atoms with Gasteiger partial charge in [-0.25, -0.2) is 22.8 Å². The van der Waals surface area contributed by atoms with Crippen LogP contribution in [0.4, 0.5) is 10.2 Å². The maximum Gasteiger partial charge on any atom is 0.263 e. The van der Waals surface area contributed by atoms with Crippen molar-refractivity contribution in [3.8, 4) is 28.1 Å². The Labute approximate surface area is 210 Å². The van der Waals surface area contributed by atoms with Gasteiger partial charge >= 0.3 is 0 Å². The summed E-state index contributed by atoms with van der Waals surface area (Å²) < 4.78 is 52.8. The molecule has 0 amide bonds. The largest absolute Gasteiger partial charge is 0.496 e. The van der Waals surface area contributed by atoms with E-state index in [2.05, 4.69) is 24.4 Å². The number of benzene rings is 3. The van der Waals surface area contributed by atoms with E-state index < -0.39 is 15.8 Å². The van der Waals surface area contributed by atoms with Gasteiger partial charge in [0.25, 0.3) is 10.0 Å². The Hall–Kier alpha value is -4.02. The van der Waals surface area contributed by atoms with E-state index in [1.807, 2.05) is 13.0 Å². The maximum atomic E-state index is 14.6. The second kappa shape index (κ2) is 9.21. The summed E-state index contributed by atoms with van der Waals surface area (Å²) in [4.78, 5) is 8.70. The molecule has 0 aliphatic carbocycles. The Balaban J connectivity index is 1.61. The van der Waals surface area contributed by atoms with E-state index in [1.54, 1.807) is 18.2 Å². The Morgan fingerprint density at radius 2 is 1.83 bits per heavy atom. The molecule has 182 valence electrons. The Bertz CT molecular complexity index is 1710. The van der Waals surface area contributed by atoms with Crippen molar-refractivity contribution in [2.45, 2.75) is 11.8 Å². The van der Waals surface area contributed by atoms with Gasteiger partial charge in [-0.2, -0.15) is 0 Å². The second-order valence-corrected chi connectivity index (χ2v) is 10.0. The molecule has 0 aliphatic rings. The number of anilines is 1. The van der Waals surface area contributed by atoms with Gasteiger partial charge in [0, 0.05) is 27.6 Å². The molecular formula is C25H18ClFN4O4S. The van der Waals surface area contributed by atoms with Crippen LogP contribution >= 0.6 is 11.6 Å². The first-order chi connectivity index (χ1) is 17.3. The number of nitrogens with one attached hydrogen (secondary N) is 1. The molecule has 0 spiro atoms. The lowest BCUT2D eigenvalue weighted by atomic mass is 9.95. The van der Waals surface area contributed by atoms with Crippen molar-refractivity contribution in [1.29, 1.82) is 0 Å². The summed E-state index contributed by atoms with van der Waals surface area (Å²) >= 11 is 6.10. The summed E-state index contributed by atoms with van der Waals surface area (Å²) in [6, 6.07) is 13.9. The highest BCUT2D eigenvalue weighted by Gasteiger charge is 2.20. The quantitative estimate of drug-likeness (QED) is 0.296. The van der Waals surface area contributed by atoms with Crippen LogP contribution < -0.4 is 9.46 Å². The predicted octanol–water partition coefficient (Wildman–Crippen LogP) is 5.86. The minimum absolute atomic E-state index is 0.00225. The van der Waals surface area contributed by atoms with Crippen LogP contribution in [-0.4, -0.2) is 30.7 Å². The standard InChI is InChI=1S/C25H18ClFN4O4S/c1-14-9-20(23(34-2)12-18(14)19-10-15(26)3-6-21(19)27)25-17-5-4-16(11-22(17)28-13-29-25)36(32,33)31-24-7-8-35-30-24/h3-13H,1-2H3,(H,30,31). The van der Waals surface area contributed by atoms with E-state index in [9.17, 15) is 12.8 Å². The Morgan fingerprint density at radius 3 is 2.58 bits per heavy atom. The lowest BCUT2D eigenvalue weighted by Gasteiger charge is -2.16. The van der Waals surface area contributed by atoms with Gasteiger partial charge in [0.15, 0.2) is 5.82 Å². The minimum Gasteiger partial charge on any atom is -0.496 e. The van der Waals surface area contributed by atoms with E-state index in [0.29, 0.717) is 44.1 Å². The summed E-state index contributed by atoms with van der Waals surface area (Å²) in [5.41, 5.74) is 3.34. The molecule has 1 N–H and O–H groups in total. The number of halogens is 2. The van der Waals surface area contributed by atoms with Gasteiger partial charge < -0.3 is 9.26 Å². The maximum absolute atomic E-state index is 14.6. The van der Waals surface area contributed by atoms with Crippen molar-refractivity contribution >= 4 is 38.3 Å². The highest BCUT2D eigenvalue weighted by molar-refractivity contribution is 7.92. The van der Waals surface area contributed by atoms with Crippen molar-refractivity contribution in [1.82, 2.24) is 15.1 Å². The number of hydrogen-bond donors (Lipinski definition) is 1. The monoisotopic (exact) mass is 524 g/mol. The molecule has 3 aromatic carbocycles. The summed E-state index contributed by atoms with van der Waals surface area (Å²) in [6.45, 7) is 1.85. The fourth-order valence-electron chi connectivity index (χ4n) is 3.92. The zero-order valence-electron chi connectivity index (χ0n) is 19.0. The van der Waals surface area contributed by atoms with Crippen molar-refractivity contribution in [2.75, 3.05) is 11.8 Å². The predicted molar refractivity (Wildman–Crippen MR) is 134 cm³/mol. The average Bonchev–Trinajstić information content (AvgIpc) is 3.37. The number of nitrogens with zero attached hydrogens (tertiary/aromatic N) is 3. The number of aromatic nitrogens is 3. The fraction of sp³-hybridized carbons (Fsp3) is 0.0800. The molecule has 0 bridgehead atoms. The number of ether oxygens (including phenoxy) is 1. The highest BCUT2D eigenvalue weighted by atomic mass is 35.5. The first kappa shape index (κ1) is 23.7. The molecule has 0 saturated heterocycles. The molecule has 0 unspecified atom stereocenters. The van der Waals surface area contributed by atoms with Crippen molar-refractivity contribution in [2.24, 2.45) is 0 Å². The van der Waals surface area contributed by atoms with Crippen LogP contribution in [0.25, 0.3) is 33.3 Å². The average molecular weight is 525 g/mol. The van der Waals surface area contributed by atoms with Crippen molar-refractivity contribution in [3.63, 3.8) is 0 Å². The van der Waals surface area contributed by atoms with Crippen LogP contribution in [0.15, 0.2) is 76.6 Å². The zero-order chi connectivity index (χ0) is 25.4. The van der Waals surface area contributed by atoms with Crippen LogP contribution in [0.5, 0.6) is 5.75 Å². The topological polar surface area (TPSA) is 107 Å². The summed E-state index contributed by atoms with van der Waals surface area (Å²) in [5, 5.41) is 4.60. The molecule has 0 saturated carbocycles. The summed E-state index contributed by atoms with van der Waals surface area (Å²) in [7, 11) is -2.41. The van der Waals surface area contributed by atoms with Gasteiger partial charge in [0.1, 0.15) is 24.2 Å². The van der Waals surface area contributed by atoms with Crippen LogP contribution in [0, 0.1) is 12.7 Å². The van der Waals surface area contributed by atoms with E-state index in [1.165, 1.54) is 50.0 Å². The third-order valence-corrected chi connectivity index (χ3v) is 7.20. The Morgan fingerprint density at radius 1 is 1.00 bits per heavy atom. The number of fused-ring (bicyclic) bond motifs is 1. The second-order valence-electron chi connectivity index (χ2n) is 7.88. The van der Waals surface area contributed by atoms with Gasteiger partial charge in [-0.3, -0.25) is 4.72 Å². The normalized spacial score (nSPS) is 11.6. The molecule has 2 heterocycles. The van der Waals surface area contributed by atoms with Gasteiger partial charge in [-0.15, -0.1) is 0 Å². The smallest absolute Gasteiger partial charge is 0.263 e.